The maximum absolute atomic E-state index is 12.6. The molecule has 0 saturated heterocycles. The Morgan fingerprint density at radius 3 is 2.23 bits per heavy atom. The number of rotatable bonds is 6. The van der Waals surface area contributed by atoms with Gasteiger partial charge in [0.2, 0.25) is 0 Å². The van der Waals surface area contributed by atoms with E-state index in [9.17, 15) is 9.59 Å². The van der Waals surface area contributed by atoms with Gasteiger partial charge in [0.1, 0.15) is 0 Å². The van der Waals surface area contributed by atoms with Crippen LogP contribution in [0, 0.1) is 0 Å². The number of anilines is 1. The first-order chi connectivity index (χ1) is 14.5. The van der Waals surface area contributed by atoms with Crippen LogP contribution < -0.4 is 16.0 Å². The number of para-hydroxylation sites is 1. The van der Waals surface area contributed by atoms with Gasteiger partial charge in [0.05, 0.1) is 11.3 Å². The average molecular weight is 482 g/mol. The van der Waals surface area contributed by atoms with E-state index in [0.717, 1.165) is 16.5 Å². The van der Waals surface area contributed by atoms with Crippen LogP contribution in [0.1, 0.15) is 26.3 Å². The molecule has 2 amide bonds. The monoisotopic (exact) mass is 481 g/mol. The molecule has 0 aliphatic carbocycles. The van der Waals surface area contributed by atoms with Crippen LogP contribution in [-0.2, 0) is 6.42 Å². The van der Waals surface area contributed by atoms with E-state index in [1.54, 1.807) is 48.5 Å². The van der Waals surface area contributed by atoms with Gasteiger partial charge in [-0.2, -0.15) is 0 Å². The van der Waals surface area contributed by atoms with Crippen molar-refractivity contribution >= 4 is 50.8 Å². The minimum absolute atomic E-state index is 0.118. The van der Waals surface area contributed by atoms with Gasteiger partial charge in [-0.15, -0.1) is 0 Å². The molecule has 0 atom stereocenters. The Morgan fingerprint density at radius 1 is 0.833 bits per heavy atom. The molecular weight excluding hydrogens is 462 g/mol. The van der Waals surface area contributed by atoms with Gasteiger partial charge < -0.3 is 10.6 Å². The molecule has 3 N–H and O–H groups in total. The second-order valence-corrected chi connectivity index (χ2v) is 7.78. The molecular formula is C23H20BrN3O2S. The first-order valence-corrected chi connectivity index (χ1v) is 10.5. The Bertz CT molecular complexity index is 1040. The van der Waals surface area contributed by atoms with E-state index in [1.165, 1.54) is 0 Å². The number of nitrogens with one attached hydrogen (secondary N) is 3. The van der Waals surface area contributed by atoms with E-state index in [1.807, 2.05) is 30.3 Å². The summed E-state index contributed by atoms with van der Waals surface area (Å²) in [4.78, 5) is 24.9. The molecule has 0 fully saturated rings. The first kappa shape index (κ1) is 21.7. The number of hydrogen-bond acceptors (Lipinski definition) is 3. The van der Waals surface area contributed by atoms with E-state index < -0.39 is 0 Å². The van der Waals surface area contributed by atoms with Crippen molar-refractivity contribution in [2.24, 2.45) is 0 Å². The first-order valence-electron chi connectivity index (χ1n) is 9.32. The quantitative estimate of drug-likeness (QED) is 0.451. The lowest BCUT2D eigenvalue weighted by atomic mass is 10.1. The molecule has 3 aromatic rings. The Kier molecular flexibility index (Phi) is 7.70. The zero-order valence-corrected chi connectivity index (χ0v) is 18.4. The lowest BCUT2D eigenvalue weighted by Crippen LogP contribution is -2.35. The van der Waals surface area contributed by atoms with Crippen molar-refractivity contribution in [3.05, 3.63) is 100 Å². The predicted molar refractivity (Wildman–Crippen MR) is 127 cm³/mol. The molecule has 30 heavy (non-hydrogen) atoms. The average Bonchev–Trinajstić information content (AvgIpc) is 2.75. The number of carbonyl (C=O) groups is 2. The third kappa shape index (κ3) is 6.23. The maximum Gasteiger partial charge on any atom is 0.257 e. The summed E-state index contributed by atoms with van der Waals surface area (Å²) in [6.45, 7) is 0.516. The van der Waals surface area contributed by atoms with Gasteiger partial charge in [-0.25, -0.2) is 0 Å². The van der Waals surface area contributed by atoms with Crippen LogP contribution in [0.5, 0.6) is 0 Å². The second kappa shape index (κ2) is 10.7. The van der Waals surface area contributed by atoms with Gasteiger partial charge in [-0.3, -0.25) is 14.9 Å². The fourth-order valence-corrected chi connectivity index (χ4v) is 3.25. The van der Waals surface area contributed by atoms with Gasteiger partial charge in [-0.1, -0.05) is 58.4 Å². The Morgan fingerprint density at radius 2 is 1.50 bits per heavy atom. The largest absolute Gasteiger partial charge is 0.352 e. The third-order valence-corrected chi connectivity index (χ3v) is 5.03. The Balaban J connectivity index is 1.58. The highest BCUT2D eigenvalue weighted by Gasteiger charge is 2.13. The third-order valence-electron chi connectivity index (χ3n) is 4.30. The van der Waals surface area contributed by atoms with E-state index in [-0.39, 0.29) is 16.9 Å². The summed E-state index contributed by atoms with van der Waals surface area (Å²) in [7, 11) is 0. The van der Waals surface area contributed by atoms with Crippen LogP contribution in [0.3, 0.4) is 0 Å². The van der Waals surface area contributed by atoms with Crippen LogP contribution in [0.2, 0.25) is 0 Å². The number of hydrogen-bond donors (Lipinski definition) is 3. The maximum atomic E-state index is 12.6. The molecule has 0 aliphatic heterocycles. The van der Waals surface area contributed by atoms with E-state index in [2.05, 4.69) is 31.9 Å². The number of carbonyl (C=O) groups excluding carboxylic acids is 2. The van der Waals surface area contributed by atoms with Gasteiger partial charge in [-0.05, 0) is 60.6 Å². The molecule has 7 heteroatoms. The zero-order chi connectivity index (χ0) is 21.3. The van der Waals surface area contributed by atoms with Crippen LogP contribution in [0.15, 0.2) is 83.3 Å². The SMILES string of the molecule is O=C(NC(=S)Nc1ccccc1C(=O)NCCc1ccccc1)c1ccc(Br)cc1. The van der Waals surface area contributed by atoms with Crippen molar-refractivity contribution < 1.29 is 9.59 Å². The molecule has 0 bridgehead atoms. The van der Waals surface area contributed by atoms with Crippen molar-refractivity contribution in [1.29, 1.82) is 0 Å². The number of amides is 2. The fourth-order valence-electron chi connectivity index (χ4n) is 2.78. The van der Waals surface area contributed by atoms with Crippen molar-refractivity contribution in [3.63, 3.8) is 0 Å². The minimum Gasteiger partial charge on any atom is -0.352 e. The highest BCUT2D eigenvalue weighted by Crippen LogP contribution is 2.15. The Hall–Kier alpha value is -3.03. The van der Waals surface area contributed by atoms with Crippen molar-refractivity contribution in [2.45, 2.75) is 6.42 Å². The van der Waals surface area contributed by atoms with Crippen molar-refractivity contribution in [2.75, 3.05) is 11.9 Å². The van der Waals surface area contributed by atoms with Crippen LogP contribution >= 0.6 is 28.1 Å². The molecule has 0 aromatic heterocycles. The van der Waals surface area contributed by atoms with Crippen molar-refractivity contribution in [1.82, 2.24) is 10.6 Å². The smallest absolute Gasteiger partial charge is 0.257 e. The standard InChI is InChI=1S/C23H20BrN3O2S/c24-18-12-10-17(11-13-18)21(28)27-23(30)26-20-9-5-4-8-19(20)22(29)25-15-14-16-6-2-1-3-7-16/h1-13H,14-15H2,(H,25,29)(H2,26,27,28,30). The molecule has 0 saturated carbocycles. The highest BCUT2D eigenvalue weighted by atomic mass is 79.9. The predicted octanol–water partition coefficient (Wildman–Crippen LogP) is 4.55. The summed E-state index contributed by atoms with van der Waals surface area (Å²) in [5.74, 6) is -0.541. The number of benzene rings is 3. The van der Waals surface area contributed by atoms with E-state index in [0.29, 0.717) is 23.4 Å². The second-order valence-electron chi connectivity index (χ2n) is 6.45. The lowest BCUT2D eigenvalue weighted by molar-refractivity contribution is 0.0953. The number of halogens is 1. The Labute approximate surface area is 189 Å². The van der Waals surface area contributed by atoms with E-state index in [4.69, 9.17) is 12.2 Å². The van der Waals surface area contributed by atoms with Gasteiger partial charge in [0.15, 0.2) is 5.11 Å². The highest BCUT2D eigenvalue weighted by molar-refractivity contribution is 9.10. The minimum atomic E-state index is -0.329. The summed E-state index contributed by atoms with van der Waals surface area (Å²) in [6, 6.07) is 23.9. The zero-order valence-electron chi connectivity index (χ0n) is 16.0. The molecule has 0 unspecified atom stereocenters. The topological polar surface area (TPSA) is 70.2 Å². The van der Waals surface area contributed by atoms with Crippen LogP contribution in [0.25, 0.3) is 0 Å². The summed E-state index contributed by atoms with van der Waals surface area (Å²) >= 11 is 8.59. The lowest BCUT2D eigenvalue weighted by Gasteiger charge is -2.13. The van der Waals surface area contributed by atoms with Gasteiger partial charge in [0.25, 0.3) is 11.8 Å². The summed E-state index contributed by atoms with van der Waals surface area (Å²) < 4.78 is 0.881. The molecule has 0 heterocycles. The van der Waals surface area contributed by atoms with Gasteiger partial charge >= 0.3 is 0 Å². The molecule has 152 valence electrons. The molecule has 5 nitrogen and oxygen atoms in total. The van der Waals surface area contributed by atoms with E-state index >= 15 is 0 Å². The summed E-state index contributed by atoms with van der Waals surface area (Å²) in [5.41, 5.74) is 2.61. The molecule has 0 spiro atoms. The molecule has 3 aromatic carbocycles. The normalized spacial score (nSPS) is 10.2. The summed E-state index contributed by atoms with van der Waals surface area (Å²) in [5, 5.41) is 8.61. The van der Waals surface area contributed by atoms with Crippen LogP contribution in [0.4, 0.5) is 5.69 Å². The number of thiocarbonyl (C=S) groups is 1. The van der Waals surface area contributed by atoms with Gasteiger partial charge in [0, 0.05) is 16.6 Å². The summed E-state index contributed by atoms with van der Waals surface area (Å²) in [6.07, 6.45) is 0.740. The van der Waals surface area contributed by atoms with Crippen LogP contribution in [-0.4, -0.2) is 23.5 Å². The molecule has 0 aliphatic rings. The molecule has 0 radical (unpaired) electrons. The van der Waals surface area contributed by atoms with Crippen molar-refractivity contribution in [3.8, 4) is 0 Å². The fraction of sp³-hybridized carbons (Fsp3) is 0.0870. The molecule has 3 rings (SSSR count).